The van der Waals surface area contributed by atoms with Crippen molar-refractivity contribution in [3.05, 3.63) is 28.1 Å². The number of aromatic nitrogens is 1. The van der Waals surface area contributed by atoms with E-state index in [2.05, 4.69) is 9.72 Å². The maximum absolute atomic E-state index is 12.0. The number of pyridine rings is 1. The number of nitriles is 1. The van der Waals surface area contributed by atoms with Gasteiger partial charge in [-0.25, -0.2) is 0 Å². The summed E-state index contributed by atoms with van der Waals surface area (Å²) in [5, 5.41) is 19.0. The number of ether oxygens (including phenoxy) is 1. The Morgan fingerprint density at radius 2 is 2.24 bits per heavy atom. The first kappa shape index (κ1) is 12.7. The van der Waals surface area contributed by atoms with Gasteiger partial charge in [-0.2, -0.15) is 5.26 Å². The van der Waals surface area contributed by atoms with Crippen LogP contribution < -0.4 is 4.74 Å². The SMILES string of the molecule is N#CCc1nccc(OC(F)(F)F)c1[N+](=O)[O-]. The van der Waals surface area contributed by atoms with Crippen LogP contribution >= 0.6 is 0 Å². The fraction of sp³-hybridized carbons (Fsp3) is 0.250. The highest BCUT2D eigenvalue weighted by Gasteiger charge is 2.35. The van der Waals surface area contributed by atoms with Gasteiger partial charge in [0.1, 0.15) is 5.69 Å². The lowest BCUT2D eigenvalue weighted by atomic mass is 10.2. The fourth-order valence-electron chi connectivity index (χ4n) is 1.08. The molecule has 0 atom stereocenters. The minimum Gasteiger partial charge on any atom is -0.398 e. The van der Waals surface area contributed by atoms with E-state index in [1.54, 1.807) is 6.07 Å². The van der Waals surface area contributed by atoms with Crippen LogP contribution in [0, 0.1) is 21.4 Å². The molecule has 0 bridgehead atoms. The van der Waals surface area contributed by atoms with Gasteiger partial charge < -0.3 is 4.74 Å². The lowest BCUT2D eigenvalue weighted by molar-refractivity contribution is -0.389. The van der Waals surface area contributed by atoms with Crippen LogP contribution in [-0.4, -0.2) is 16.3 Å². The Bertz CT molecular complexity index is 481. The van der Waals surface area contributed by atoms with Gasteiger partial charge in [-0.05, 0) is 0 Å². The number of halogens is 3. The zero-order valence-electron chi connectivity index (χ0n) is 8.06. The van der Waals surface area contributed by atoms with E-state index in [1.165, 1.54) is 0 Å². The van der Waals surface area contributed by atoms with Crippen LogP contribution in [0.25, 0.3) is 0 Å². The highest BCUT2D eigenvalue weighted by atomic mass is 19.4. The number of hydrogen-bond donors (Lipinski definition) is 0. The smallest absolute Gasteiger partial charge is 0.398 e. The molecule has 1 heterocycles. The van der Waals surface area contributed by atoms with Crippen molar-refractivity contribution in [3.63, 3.8) is 0 Å². The molecule has 9 heteroatoms. The van der Waals surface area contributed by atoms with Gasteiger partial charge in [0, 0.05) is 12.3 Å². The number of hydrogen-bond acceptors (Lipinski definition) is 5. The van der Waals surface area contributed by atoms with Crippen LogP contribution in [0.3, 0.4) is 0 Å². The summed E-state index contributed by atoms with van der Waals surface area (Å²) in [7, 11) is 0. The van der Waals surface area contributed by atoms with E-state index in [0.717, 1.165) is 6.20 Å². The molecule has 0 aliphatic rings. The van der Waals surface area contributed by atoms with Gasteiger partial charge in [-0.3, -0.25) is 15.1 Å². The molecule has 0 saturated carbocycles. The molecule has 0 amide bonds. The molecular weight excluding hydrogens is 243 g/mol. The molecule has 0 aliphatic carbocycles. The number of nitro groups is 1. The summed E-state index contributed by atoms with van der Waals surface area (Å²) in [6.45, 7) is 0. The zero-order valence-corrected chi connectivity index (χ0v) is 8.06. The molecule has 0 aromatic carbocycles. The van der Waals surface area contributed by atoms with Crippen LogP contribution in [0.1, 0.15) is 5.69 Å². The van der Waals surface area contributed by atoms with Gasteiger partial charge in [0.05, 0.1) is 17.4 Å². The maximum Gasteiger partial charge on any atom is 0.573 e. The van der Waals surface area contributed by atoms with Crippen LogP contribution in [0.15, 0.2) is 12.3 Å². The van der Waals surface area contributed by atoms with Crippen molar-refractivity contribution in [1.29, 1.82) is 5.26 Å². The van der Waals surface area contributed by atoms with Gasteiger partial charge >= 0.3 is 12.0 Å². The largest absolute Gasteiger partial charge is 0.573 e. The zero-order chi connectivity index (χ0) is 13.1. The summed E-state index contributed by atoms with van der Waals surface area (Å²) in [5.74, 6) is -0.984. The van der Waals surface area contributed by atoms with Gasteiger partial charge in [-0.15, -0.1) is 13.2 Å². The molecule has 0 spiro atoms. The van der Waals surface area contributed by atoms with Crippen molar-refractivity contribution in [2.24, 2.45) is 0 Å². The van der Waals surface area contributed by atoms with E-state index >= 15 is 0 Å². The Labute approximate surface area is 92.4 Å². The molecule has 0 radical (unpaired) electrons. The molecule has 0 saturated heterocycles. The van der Waals surface area contributed by atoms with E-state index in [0.29, 0.717) is 6.07 Å². The highest BCUT2D eigenvalue weighted by molar-refractivity contribution is 5.50. The molecule has 1 aromatic heterocycles. The predicted molar refractivity (Wildman–Crippen MR) is 46.9 cm³/mol. The van der Waals surface area contributed by atoms with Crippen LogP contribution in [0.2, 0.25) is 0 Å². The number of alkyl halides is 3. The third-order valence-electron chi connectivity index (χ3n) is 1.62. The van der Waals surface area contributed by atoms with Crippen molar-refractivity contribution < 1.29 is 22.8 Å². The number of rotatable bonds is 3. The van der Waals surface area contributed by atoms with E-state index in [4.69, 9.17) is 5.26 Å². The van der Waals surface area contributed by atoms with Gasteiger partial charge in [0.25, 0.3) is 0 Å². The van der Waals surface area contributed by atoms with E-state index in [1.807, 2.05) is 0 Å². The topological polar surface area (TPSA) is 89.0 Å². The summed E-state index contributed by atoms with van der Waals surface area (Å²) in [6, 6.07) is 2.28. The van der Waals surface area contributed by atoms with Crippen LogP contribution in [-0.2, 0) is 6.42 Å². The van der Waals surface area contributed by atoms with Gasteiger partial charge in [0.15, 0.2) is 0 Å². The molecular formula is C8H4F3N3O3. The summed E-state index contributed by atoms with van der Waals surface area (Å²) in [6.07, 6.45) is -4.62. The quantitative estimate of drug-likeness (QED) is 0.601. The molecule has 1 aromatic rings. The third kappa shape index (κ3) is 3.30. The summed E-state index contributed by atoms with van der Waals surface area (Å²) >= 11 is 0. The Balaban J connectivity index is 3.26. The molecule has 0 N–H and O–H groups in total. The molecule has 90 valence electrons. The van der Waals surface area contributed by atoms with Crippen LogP contribution in [0.5, 0.6) is 5.75 Å². The maximum atomic E-state index is 12.0. The van der Waals surface area contributed by atoms with E-state index in [9.17, 15) is 23.3 Å². The summed E-state index contributed by atoms with van der Waals surface area (Å²) in [5.41, 5.74) is -1.33. The number of nitrogens with zero attached hydrogens (tertiary/aromatic N) is 3. The Kier molecular flexibility index (Phi) is 3.47. The highest BCUT2D eigenvalue weighted by Crippen LogP contribution is 2.33. The minimum atomic E-state index is -5.05. The fourth-order valence-corrected chi connectivity index (χ4v) is 1.08. The molecule has 0 unspecified atom stereocenters. The lowest BCUT2D eigenvalue weighted by Gasteiger charge is -2.09. The normalized spacial score (nSPS) is 10.7. The first-order valence-corrected chi connectivity index (χ1v) is 4.10. The molecule has 0 fully saturated rings. The monoisotopic (exact) mass is 247 g/mol. The second-order valence-electron chi connectivity index (χ2n) is 2.74. The standard InChI is InChI=1S/C8H4F3N3O3/c9-8(10,11)17-6-2-4-13-5(1-3-12)7(6)14(15)16/h2,4H,1H2. The third-order valence-corrected chi connectivity index (χ3v) is 1.62. The minimum absolute atomic E-state index is 0.376. The predicted octanol–water partition coefficient (Wildman–Crippen LogP) is 1.95. The molecule has 1 rings (SSSR count). The second-order valence-corrected chi connectivity index (χ2v) is 2.74. The van der Waals surface area contributed by atoms with Crippen molar-refractivity contribution in [2.45, 2.75) is 12.8 Å². The average Bonchev–Trinajstić information content (AvgIpc) is 2.15. The van der Waals surface area contributed by atoms with Crippen molar-refractivity contribution >= 4 is 5.69 Å². The van der Waals surface area contributed by atoms with Gasteiger partial charge in [-0.1, -0.05) is 0 Å². The van der Waals surface area contributed by atoms with Gasteiger partial charge in [0.2, 0.25) is 5.75 Å². The van der Waals surface area contributed by atoms with Crippen molar-refractivity contribution in [1.82, 2.24) is 4.98 Å². The molecule has 0 aliphatic heterocycles. The van der Waals surface area contributed by atoms with Crippen molar-refractivity contribution in [2.75, 3.05) is 0 Å². The van der Waals surface area contributed by atoms with E-state index in [-0.39, 0.29) is 5.69 Å². The Hall–Kier alpha value is -2.37. The average molecular weight is 247 g/mol. The first-order valence-electron chi connectivity index (χ1n) is 4.10. The Morgan fingerprint density at radius 3 is 2.71 bits per heavy atom. The molecule has 6 nitrogen and oxygen atoms in total. The van der Waals surface area contributed by atoms with Crippen LogP contribution in [0.4, 0.5) is 18.9 Å². The lowest BCUT2D eigenvalue weighted by Crippen LogP contribution is -2.18. The van der Waals surface area contributed by atoms with E-state index < -0.39 is 29.1 Å². The summed E-state index contributed by atoms with van der Waals surface area (Å²) in [4.78, 5) is 13.0. The summed E-state index contributed by atoms with van der Waals surface area (Å²) < 4.78 is 39.4. The Morgan fingerprint density at radius 1 is 1.59 bits per heavy atom. The second kappa shape index (κ2) is 4.65. The van der Waals surface area contributed by atoms with Crippen molar-refractivity contribution in [3.8, 4) is 11.8 Å². The first-order chi connectivity index (χ1) is 7.85. The molecule has 17 heavy (non-hydrogen) atoms.